The van der Waals surface area contributed by atoms with E-state index in [0.29, 0.717) is 28.3 Å². The molecule has 7 heteroatoms. The summed E-state index contributed by atoms with van der Waals surface area (Å²) >= 11 is 7.47. The van der Waals surface area contributed by atoms with Crippen molar-refractivity contribution in [2.75, 3.05) is 12.4 Å². The average molecular weight is 393 g/mol. The van der Waals surface area contributed by atoms with Gasteiger partial charge in [-0.3, -0.25) is 0 Å². The zero-order chi connectivity index (χ0) is 18.4. The van der Waals surface area contributed by atoms with Gasteiger partial charge in [0.15, 0.2) is 0 Å². The van der Waals surface area contributed by atoms with E-state index in [9.17, 15) is 4.39 Å². The molecule has 3 rings (SSSR count). The molecular weight excluding hydrogens is 375 g/mol. The van der Waals surface area contributed by atoms with Crippen LogP contribution in [-0.2, 0) is 6.42 Å². The van der Waals surface area contributed by atoms with E-state index in [1.165, 1.54) is 17.8 Å². The molecule has 0 unspecified atom stereocenters. The van der Waals surface area contributed by atoms with Crippen molar-refractivity contribution in [2.45, 2.75) is 25.0 Å². The average Bonchev–Trinajstić information content (AvgIpc) is 3.07. The third-order valence-electron chi connectivity index (χ3n) is 3.70. The van der Waals surface area contributed by atoms with Crippen LogP contribution in [0.5, 0.6) is 5.75 Å². The Hall–Kier alpha value is -2.05. The number of aryl methyl sites for hydroxylation is 1. The zero-order valence-corrected chi connectivity index (χ0v) is 15.8. The molecule has 0 bridgehead atoms. The second kappa shape index (κ2) is 9.05. The van der Waals surface area contributed by atoms with Crippen molar-refractivity contribution < 1.29 is 13.5 Å². The Bertz CT molecular complexity index is 852. The maximum atomic E-state index is 13.8. The van der Waals surface area contributed by atoms with E-state index in [4.69, 9.17) is 20.8 Å². The fraction of sp³-hybridized carbons (Fsp3) is 0.263. The van der Waals surface area contributed by atoms with Crippen LogP contribution in [0.1, 0.15) is 23.4 Å². The minimum absolute atomic E-state index is 0.176. The normalized spacial score (nSPS) is 10.9. The zero-order valence-electron chi connectivity index (χ0n) is 14.2. The van der Waals surface area contributed by atoms with E-state index in [-0.39, 0.29) is 12.2 Å². The summed E-state index contributed by atoms with van der Waals surface area (Å²) in [7, 11) is 0. The van der Waals surface area contributed by atoms with Gasteiger partial charge in [0.2, 0.25) is 5.89 Å². The lowest BCUT2D eigenvalue weighted by molar-refractivity contribution is 0.316. The summed E-state index contributed by atoms with van der Waals surface area (Å²) in [6.07, 6.45) is 1.02. The van der Waals surface area contributed by atoms with E-state index in [1.54, 1.807) is 12.1 Å². The largest absolute Gasteiger partial charge is 0.493 e. The lowest BCUT2D eigenvalue weighted by Gasteiger charge is -2.07. The molecule has 0 amide bonds. The number of para-hydroxylation sites is 1. The molecule has 0 saturated heterocycles. The predicted octanol–water partition coefficient (Wildman–Crippen LogP) is 5.32. The molecule has 0 N–H and O–H groups in total. The SMILES string of the molecule is Cc1ccccc1OCCCSc1nnc(Cc2c(F)cccc2Cl)o1. The van der Waals surface area contributed by atoms with Crippen LogP contribution in [0.2, 0.25) is 5.02 Å². The standard InChI is InChI=1S/C19H18ClFN2O2S/c1-13-6-2-3-9-17(13)24-10-5-11-26-19-23-22-18(25-19)12-14-15(20)7-4-8-16(14)21/h2-4,6-9H,5,10-12H2,1H3. The molecule has 1 heterocycles. The van der Waals surface area contributed by atoms with Crippen LogP contribution in [0.3, 0.4) is 0 Å². The molecule has 26 heavy (non-hydrogen) atoms. The van der Waals surface area contributed by atoms with Gasteiger partial charge < -0.3 is 9.15 Å². The molecule has 4 nitrogen and oxygen atoms in total. The van der Waals surface area contributed by atoms with Gasteiger partial charge in [0.25, 0.3) is 5.22 Å². The predicted molar refractivity (Wildman–Crippen MR) is 101 cm³/mol. The third-order valence-corrected chi connectivity index (χ3v) is 4.96. The van der Waals surface area contributed by atoms with Gasteiger partial charge in [0.1, 0.15) is 11.6 Å². The molecule has 1 aromatic heterocycles. The van der Waals surface area contributed by atoms with Crippen LogP contribution >= 0.6 is 23.4 Å². The van der Waals surface area contributed by atoms with E-state index in [0.717, 1.165) is 23.5 Å². The second-order valence-electron chi connectivity index (χ2n) is 5.65. The summed E-state index contributed by atoms with van der Waals surface area (Å²) in [5.41, 5.74) is 1.48. The summed E-state index contributed by atoms with van der Waals surface area (Å²) in [6, 6.07) is 12.5. The summed E-state index contributed by atoms with van der Waals surface area (Å²) < 4.78 is 25.1. The summed E-state index contributed by atoms with van der Waals surface area (Å²) in [5, 5.41) is 8.75. The highest BCUT2D eigenvalue weighted by Gasteiger charge is 2.13. The Morgan fingerprint density at radius 3 is 2.81 bits per heavy atom. The molecule has 0 saturated carbocycles. The van der Waals surface area contributed by atoms with Crippen LogP contribution < -0.4 is 4.74 Å². The molecule has 0 aliphatic rings. The second-order valence-corrected chi connectivity index (χ2v) is 7.11. The maximum absolute atomic E-state index is 13.8. The number of halogens is 2. The highest BCUT2D eigenvalue weighted by Crippen LogP contribution is 2.24. The van der Waals surface area contributed by atoms with E-state index in [1.807, 2.05) is 31.2 Å². The van der Waals surface area contributed by atoms with Crippen molar-refractivity contribution in [3.63, 3.8) is 0 Å². The lowest BCUT2D eigenvalue weighted by atomic mass is 10.1. The van der Waals surface area contributed by atoms with Crippen molar-refractivity contribution in [1.82, 2.24) is 10.2 Å². The van der Waals surface area contributed by atoms with Gasteiger partial charge in [0, 0.05) is 16.3 Å². The Labute approximate surface area is 160 Å². The molecule has 136 valence electrons. The van der Waals surface area contributed by atoms with Gasteiger partial charge in [0.05, 0.1) is 13.0 Å². The number of hydrogen-bond acceptors (Lipinski definition) is 5. The van der Waals surface area contributed by atoms with Crippen molar-refractivity contribution in [1.29, 1.82) is 0 Å². The molecule has 0 atom stereocenters. The highest BCUT2D eigenvalue weighted by molar-refractivity contribution is 7.99. The number of hydrogen-bond donors (Lipinski definition) is 0. The molecular formula is C19H18ClFN2O2S. The molecule has 0 aliphatic carbocycles. The van der Waals surface area contributed by atoms with E-state index in [2.05, 4.69) is 10.2 Å². The molecule has 0 radical (unpaired) electrons. The minimum Gasteiger partial charge on any atom is -0.493 e. The first-order chi connectivity index (χ1) is 12.6. The quantitative estimate of drug-likeness (QED) is 0.383. The van der Waals surface area contributed by atoms with Crippen molar-refractivity contribution in [3.8, 4) is 5.75 Å². The van der Waals surface area contributed by atoms with Gasteiger partial charge >= 0.3 is 0 Å². The summed E-state index contributed by atoms with van der Waals surface area (Å²) in [5.74, 6) is 1.65. The Morgan fingerprint density at radius 1 is 1.15 bits per heavy atom. The number of benzene rings is 2. The fourth-order valence-electron chi connectivity index (χ4n) is 2.34. The first kappa shape index (κ1) is 18.7. The number of thioether (sulfide) groups is 1. The molecule has 3 aromatic rings. The Balaban J connectivity index is 1.45. The number of nitrogens with zero attached hydrogens (tertiary/aromatic N) is 2. The third kappa shape index (κ3) is 4.99. The molecule has 0 fully saturated rings. The molecule has 0 aliphatic heterocycles. The lowest BCUT2D eigenvalue weighted by Crippen LogP contribution is -1.99. The topological polar surface area (TPSA) is 48.2 Å². The molecule has 0 spiro atoms. The van der Waals surface area contributed by atoms with Gasteiger partial charge in [-0.1, -0.05) is 47.6 Å². The number of rotatable bonds is 8. The first-order valence-electron chi connectivity index (χ1n) is 8.20. The summed E-state index contributed by atoms with van der Waals surface area (Å²) in [4.78, 5) is 0. The van der Waals surface area contributed by atoms with Crippen LogP contribution in [0, 0.1) is 12.7 Å². The first-order valence-corrected chi connectivity index (χ1v) is 9.56. The van der Waals surface area contributed by atoms with Crippen LogP contribution in [0.4, 0.5) is 4.39 Å². The number of aromatic nitrogens is 2. The Kier molecular flexibility index (Phi) is 6.52. The van der Waals surface area contributed by atoms with Crippen molar-refractivity contribution in [3.05, 3.63) is 70.3 Å². The Morgan fingerprint density at radius 2 is 2.00 bits per heavy atom. The van der Waals surface area contributed by atoms with Crippen molar-refractivity contribution >= 4 is 23.4 Å². The summed E-state index contributed by atoms with van der Waals surface area (Å²) in [6.45, 7) is 2.63. The number of ether oxygens (including phenoxy) is 1. The van der Waals surface area contributed by atoms with E-state index < -0.39 is 0 Å². The van der Waals surface area contributed by atoms with E-state index >= 15 is 0 Å². The smallest absolute Gasteiger partial charge is 0.276 e. The monoisotopic (exact) mass is 392 g/mol. The van der Waals surface area contributed by atoms with Gasteiger partial charge in [-0.15, -0.1) is 10.2 Å². The fourth-order valence-corrected chi connectivity index (χ4v) is 3.26. The maximum Gasteiger partial charge on any atom is 0.276 e. The van der Waals surface area contributed by atoms with Gasteiger partial charge in [-0.25, -0.2) is 4.39 Å². The minimum atomic E-state index is -0.377. The van der Waals surface area contributed by atoms with Gasteiger partial charge in [-0.05, 0) is 37.1 Å². The molecule has 2 aromatic carbocycles. The van der Waals surface area contributed by atoms with Crippen LogP contribution in [0.25, 0.3) is 0 Å². The van der Waals surface area contributed by atoms with Crippen molar-refractivity contribution in [2.24, 2.45) is 0 Å². The van der Waals surface area contributed by atoms with Gasteiger partial charge in [-0.2, -0.15) is 0 Å². The van der Waals surface area contributed by atoms with Crippen LogP contribution in [0.15, 0.2) is 52.1 Å². The highest BCUT2D eigenvalue weighted by atomic mass is 35.5. The van der Waals surface area contributed by atoms with Crippen LogP contribution in [-0.4, -0.2) is 22.6 Å².